The Balaban J connectivity index is 1.40. The summed E-state index contributed by atoms with van der Waals surface area (Å²) < 4.78 is 2.68. The number of para-hydroxylation sites is 2. The van der Waals surface area contributed by atoms with Gasteiger partial charge in [-0.25, -0.2) is 0 Å². The molecule has 2 aliphatic heterocycles. The number of thiophene rings is 1. The number of fused-ring (bicyclic) bond motifs is 8. The second-order valence-electron chi connectivity index (χ2n) is 15.4. The summed E-state index contributed by atoms with van der Waals surface area (Å²) in [6, 6.07) is 46.1. The van der Waals surface area contributed by atoms with Crippen LogP contribution in [0.1, 0.15) is 52.7 Å². The molecule has 0 saturated heterocycles. The molecule has 6 aromatic carbocycles. The van der Waals surface area contributed by atoms with Gasteiger partial charge < -0.3 is 4.90 Å². The first-order valence-corrected chi connectivity index (χ1v) is 17.6. The van der Waals surface area contributed by atoms with Gasteiger partial charge in [0.2, 0.25) is 6.71 Å². The summed E-state index contributed by atoms with van der Waals surface area (Å²) in [6.07, 6.45) is 0. The first kappa shape index (κ1) is 28.6. The van der Waals surface area contributed by atoms with Crippen LogP contribution in [0.25, 0.3) is 42.4 Å². The van der Waals surface area contributed by atoms with Gasteiger partial charge in [0.15, 0.2) is 0 Å². The van der Waals surface area contributed by atoms with Crippen LogP contribution in [0.5, 0.6) is 0 Å². The van der Waals surface area contributed by atoms with E-state index in [0.29, 0.717) is 0 Å². The van der Waals surface area contributed by atoms with Crippen LogP contribution in [-0.4, -0.2) is 6.71 Å². The molecular formula is C44H38BNS. The van der Waals surface area contributed by atoms with Crippen molar-refractivity contribution in [1.82, 2.24) is 0 Å². The van der Waals surface area contributed by atoms with Gasteiger partial charge in [-0.05, 0) is 91.5 Å². The molecule has 9 rings (SSSR count). The number of hydrogen-bond donors (Lipinski definition) is 0. The predicted molar refractivity (Wildman–Crippen MR) is 207 cm³/mol. The molecule has 0 saturated carbocycles. The van der Waals surface area contributed by atoms with Gasteiger partial charge in [0, 0.05) is 37.2 Å². The average Bonchev–Trinajstić information content (AvgIpc) is 3.60. The zero-order valence-electron chi connectivity index (χ0n) is 28.0. The van der Waals surface area contributed by atoms with Crippen LogP contribution in [0.3, 0.4) is 0 Å². The lowest BCUT2D eigenvalue weighted by molar-refractivity contribution is 0.587. The molecule has 0 aliphatic carbocycles. The second kappa shape index (κ2) is 9.95. The normalized spacial score (nSPS) is 13.7. The molecule has 7 aromatic rings. The van der Waals surface area contributed by atoms with Crippen molar-refractivity contribution >= 4 is 71.7 Å². The summed E-state index contributed by atoms with van der Waals surface area (Å²) in [6.45, 7) is 14.3. The molecule has 0 atom stereocenters. The molecule has 0 fully saturated rings. The topological polar surface area (TPSA) is 3.24 Å². The molecule has 0 bridgehead atoms. The summed E-state index contributed by atoms with van der Waals surface area (Å²) >= 11 is 1.88. The number of anilines is 3. The Morgan fingerprint density at radius 2 is 1.19 bits per heavy atom. The van der Waals surface area contributed by atoms with E-state index in [4.69, 9.17) is 0 Å². The Labute approximate surface area is 282 Å². The van der Waals surface area contributed by atoms with Crippen molar-refractivity contribution in [2.75, 3.05) is 4.90 Å². The van der Waals surface area contributed by atoms with Gasteiger partial charge >= 0.3 is 0 Å². The van der Waals surface area contributed by atoms with Gasteiger partial charge in [-0.15, -0.1) is 11.3 Å². The fraction of sp³-hybridized carbons (Fsp3) is 0.182. The van der Waals surface area contributed by atoms with E-state index in [2.05, 4.69) is 168 Å². The standard InChI is InChI=1S/C44H38BNS/c1-43(2,3)33-16-9-11-20-37(33)46-38-26-28(27-22-23-40-31(24-27)30-15-8-12-21-39(30)47-40)25-32-29-14-7-10-18-35(29)45(41(32)38)36-19-13-17-34(42(36)46)44(4,5)6/h7-26H,1-6H3. The van der Waals surface area contributed by atoms with Gasteiger partial charge in [0.05, 0.1) is 0 Å². The molecule has 0 unspecified atom stereocenters. The molecule has 1 aromatic heterocycles. The Morgan fingerprint density at radius 3 is 2.02 bits per heavy atom. The van der Waals surface area contributed by atoms with Crippen molar-refractivity contribution in [3.8, 4) is 22.3 Å². The van der Waals surface area contributed by atoms with Crippen molar-refractivity contribution < 1.29 is 0 Å². The van der Waals surface area contributed by atoms with E-state index in [9.17, 15) is 0 Å². The predicted octanol–water partition coefficient (Wildman–Crippen LogP) is 10.6. The Bertz CT molecular complexity index is 2400. The molecule has 47 heavy (non-hydrogen) atoms. The minimum atomic E-state index is -0.0403. The maximum absolute atomic E-state index is 2.64. The van der Waals surface area contributed by atoms with Crippen LogP contribution >= 0.6 is 11.3 Å². The van der Waals surface area contributed by atoms with Crippen molar-refractivity contribution in [1.29, 1.82) is 0 Å². The SMILES string of the molecule is CC(C)(C)c1ccccc1N1c2cc(-c3ccc4sc5ccccc5c4c3)cc3c2B(c2ccccc2-3)c2cccc(C(C)(C)C)c21. The van der Waals surface area contributed by atoms with Gasteiger partial charge in [0.25, 0.3) is 0 Å². The lowest BCUT2D eigenvalue weighted by Gasteiger charge is -2.41. The van der Waals surface area contributed by atoms with Crippen molar-refractivity contribution in [2.45, 2.75) is 52.4 Å². The molecule has 1 nitrogen and oxygen atoms in total. The minimum Gasteiger partial charge on any atom is -0.311 e. The Kier molecular flexibility index (Phi) is 6.06. The molecule has 0 N–H and O–H groups in total. The molecule has 3 heterocycles. The van der Waals surface area contributed by atoms with Crippen molar-refractivity contribution in [3.05, 3.63) is 132 Å². The van der Waals surface area contributed by atoms with Crippen LogP contribution in [-0.2, 0) is 10.8 Å². The van der Waals surface area contributed by atoms with E-state index in [1.165, 1.54) is 87.0 Å². The van der Waals surface area contributed by atoms with E-state index in [0.717, 1.165) is 0 Å². The summed E-state index contributed by atoms with van der Waals surface area (Å²) in [5, 5.41) is 2.68. The monoisotopic (exact) mass is 623 g/mol. The summed E-state index contributed by atoms with van der Waals surface area (Å²) in [7, 11) is 0. The van der Waals surface area contributed by atoms with Crippen LogP contribution in [0, 0.1) is 0 Å². The lowest BCUT2D eigenvalue weighted by Crippen LogP contribution is -2.55. The molecule has 0 amide bonds. The fourth-order valence-electron chi connectivity index (χ4n) is 8.22. The highest BCUT2D eigenvalue weighted by Crippen LogP contribution is 2.48. The zero-order chi connectivity index (χ0) is 32.2. The van der Waals surface area contributed by atoms with Crippen molar-refractivity contribution in [3.63, 3.8) is 0 Å². The van der Waals surface area contributed by atoms with E-state index < -0.39 is 0 Å². The maximum atomic E-state index is 2.64. The van der Waals surface area contributed by atoms with Gasteiger partial charge in [-0.1, -0.05) is 132 Å². The molecule has 3 heteroatoms. The van der Waals surface area contributed by atoms with E-state index in [1.807, 2.05) is 11.3 Å². The van der Waals surface area contributed by atoms with E-state index >= 15 is 0 Å². The van der Waals surface area contributed by atoms with Crippen LogP contribution in [0.2, 0.25) is 0 Å². The number of rotatable bonds is 2. The van der Waals surface area contributed by atoms with Gasteiger partial charge in [0.1, 0.15) is 0 Å². The van der Waals surface area contributed by atoms with Crippen LogP contribution in [0.15, 0.2) is 121 Å². The highest BCUT2D eigenvalue weighted by molar-refractivity contribution is 7.25. The molecule has 228 valence electrons. The van der Waals surface area contributed by atoms with Gasteiger partial charge in [-0.2, -0.15) is 0 Å². The minimum absolute atomic E-state index is 0.0287. The Morgan fingerprint density at radius 1 is 0.511 bits per heavy atom. The number of benzene rings is 6. The Hall–Kier alpha value is -4.60. The summed E-state index contributed by atoms with van der Waals surface area (Å²) in [4.78, 5) is 2.64. The third-order valence-corrected chi connectivity index (χ3v) is 11.5. The highest BCUT2D eigenvalue weighted by Gasteiger charge is 2.45. The summed E-state index contributed by atoms with van der Waals surface area (Å²) in [5.74, 6) is 0. The zero-order valence-corrected chi connectivity index (χ0v) is 28.8. The van der Waals surface area contributed by atoms with Gasteiger partial charge in [-0.3, -0.25) is 0 Å². The largest absolute Gasteiger partial charge is 0.311 e. The average molecular weight is 624 g/mol. The first-order chi connectivity index (χ1) is 22.6. The van der Waals surface area contributed by atoms with Crippen LogP contribution in [0.4, 0.5) is 17.1 Å². The maximum Gasteiger partial charge on any atom is 0.248 e. The van der Waals surface area contributed by atoms with Crippen LogP contribution < -0.4 is 21.3 Å². The third-order valence-electron chi connectivity index (χ3n) is 10.3. The van der Waals surface area contributed by atoms with E-state index in [-0.39, 0.29) is 17.5 Å². The molecular weight excluding hydrogens is 585 g/mol. The fourth-order valence-corrected chi connectivity index (χ4v) is 9.30. The second-order valence-corrected chi connectivity index (χ2v) is 16.5. The number of hydrogen-bond acceptors (Lipinski definition) is 2. The lowest BCUT2D eigenvalue weighted by atomic mass is 9.36. The highest BCUT2D eigenvalue weighted by atomic mass is 32.1. The molecule has 0 spiro atoms. The molecule has 2 aliphatic rings. The number of nitrogens with zero attached hydrogens (tertiary/aromatic N) is 1. The summed E-state index contributed by atoms with van der Waals surface area (Å²) in [5.41, 5.74) is 16.1. The first-order valence-electron chi connectivity index (χ1n) is 16.8. The smallest absolute Gasteiger partial charge is 0.248 e. The third kappa shape index (κ3) is 4.22. The molecule has 0 radical (unpaired) electrons. The quantitative estimate of drug-likeness (QED) is 0.173. The van der Waals surface area contributed by atoms with E-state index in [1.54, 1.807) is 0 Å². The van der Waals surface area contributed by atoms with Crippen molar-refractivity contribution in [2.24, 2.45) is 0 Å².